The number of carbonyl (C=O) groups is 1. The molecule has 2 aromatic heterocycles. The number of aromatic nitrogens is 2. The van der Waals surface area contributed by atoms with Crippen molar-refractivity contribution in [2.45, 2.75) is 20.1 Å². The Hall–Kier alpha value is -2.01. The molecule has 0 aliphatic carbocycles. The summed E-state index contributed by atoms with van der Waals surface area (Å²) in [7, 11) is 0. The predicted octanol–water partition coefficient (Wildman–Crippen LogP) is 1.05. The third kappa shape index (κ3) is 1.48. The zero-order valence-electron chi connectivity index (χ0n) is 9.97. The van der Waals surface area contributed by atoms with Gasteiger partial charge in [-0.15, -0.1) is 0 Å². The van der Waals surface area contributed by atoms with Gasteiger partial charge < -0.3 is 9.30 Å². The van der Waals surface area contributed by atoms with E-state index in [1.54, 1.807) is 6.20 Å². The second kappa shape index (κ2) is 4.03. The van der Waals surface area contributed by atoms with E-state index in [2.05, 4.69) is 4.98 Å². The number of fused-ring (bicyclic) bond motifs is 3. The van der Waals surface area contributed by atoms with Gasteiger partial charge in [-0.2, -0.15) is 0 Å². The number of aldehydes is 1. The highest BCUT2D eigenvalue weighted by molar-refractivity contribution is 5.85. The van der Waals surface area contributed by atoms with E-state index in [1.807, 2.05) is 17.6 Å². The lowest BCUT2D eigenvalue weighted by Crippen LogP contribution is -2.27. The first-order valence-corrected chi connectivity index (χ1v) is 5.77. The Morgan fingerprint density at radius 2 is 2.33 bits per heavy atom. The van der Waals surface area contributed by atoms with Gasteiger partial charge in [0.05, 0.1) is 30.0 Å². The normalized spacial score (nSPS) is 14.5. The van der Waals surface area contributed by atoms with Crippen LogP contribution in [-0.4, -0.2) is 22.4 Å². The second-order valence-electron chi connectivity index (χ2n) is 4.39. The maximum absolute atomic E-state index is 12.2. The van der Waals surface area contributed by atoms with Crippen LogP contribution in [0.4, 0.5) is 0 Å². The van der Waals surface area contributed by atoms with Gasteiger partial charge in [0, 0.05) is 12.7 Å². The highest BCUT2D eigenvalue weighted by Crippen LogP contribution is 2.19. The first kappa shape index (κ1) is 11.1. The Morgan fingerprint density at radius 1 is 1.50 bits per heavy atom. The molecule has 0 aromatic carbocycles. The fourth-order valence-electron chi connectivity index (χ4n) is 2.34. The van der Waals surface area contributed by atoms with Crippen molar-refractivity contribution in [1.29, 1.82) is 0 Å². The highest BCUT2D eigenvalue weighted by Gasteiger charge is 2.20. The van der Waals surface area contributed by atoms with Crippen molar-refractivity contribution in [2.24, 2.45) is 0 Å². The third-order valence-electron chi connectivity index (χ3n) is 3.21. The summed E-state index contributed by atoms with van der Waals surface area (Å²) >= 11 is 0. The number of rotatable bonds is 1. The van der Waals surface area contributed by atoms with E-state index < -0.39 is 0 Å². The Kier molecular flexibility index (Phi) is 2.48. The third-order valence-corrected chi connectivity index (χ3v) is 3.21. The number of ether oxygens (including phenoxy) is 1. The van der Waals surface area contributed by atoms with Crippen LogP contribution in [-0.2, 0) is 17.9 Å². The van der Waals surface area contributed by atoms with Crippen LogP contribution in [0.3, 0.4) is 0 Å². The van der Waals surface area contributed by atoms with Crippen molar-refractivity contribution in [3.63, 3.8) is 0 Å². The van der Waals surface area contributed by atoms with E-state index in [0.717, 1.165) is 11.1 Å². The molecule has 0 saturated carbocycles. The van der Waals surface area contributed by atoms with Crippen molar-refractivity contribution in [3.05, 3.63) is 39.3 Å². The van der Waals surface area contributed by atoms with Crippen LogP contribution in [0.25, 0.3) is 11.0 Å². The summed E-state index contributed by atoms with van der Waals surface area (Å²) in [6.45, 7) is 3.44. The summed E-state index contributed by atoms with van der Waals surface area (Å²) in [6, 6.07) is 1.92. The molecule has 3 rings (SSSR count). The van der Waals surface area contributed by atoms with Gasteiger partial charge in [-0.25, -0.2) is 0 Å². The minimum absolute atomic E-state index is 0.165. The molecule has 92 valence electrons. The van der Waals surface area contributed by atoms with Crippen LogP contribution < -0.4 is 5.43 Å². The Morgan fingerprint density at radius 3 is 3.11 bits per heavy atom. The quantitative estimate of drug-likeness (QED) is 0.703. The van der Waals surface area contributed by atoms with Crippen molar-refractivity contribution in [2.75, 3.05) is 6.61 Å². The van der Waals surface area contributed by atoms with Gasteiger partial charge in [-0.3, -0.25) is 14.6 Å². The molecule has 5 heteroatoms. The molecule has 0 radical (unpaired) electrons. The highest BCUT2D eigenvalue weighted by atomic mass is 16.5. The van der Waals surface area contributed by atoms with Crippen LogP contribution in [0.1, 0.15) is 21.6 Å². The number of nitrogens with zero attached hydrogens (tertiary/aromatic N) is 2. The van der Waals surface area contributed by atoms with E-state index in [-0.39, 0.29) is 11.0 Å². The molecule has 0 fully saturated rings. The Bertz CT molecular complexity index is 703. The average Bonchev–Trinajstić information content (AvgIpc) is 2.39. The fraction of sp³-hybridized carbons (Fsp3) is 0.308. The smallest absolute Gasteiger partial charge is 0.218 e. The molecule has 0 amide bonds. The monoisotopic (exact) mass is 244 g/mol. The summed E-state index contributed by atoms with van der Waals surface area (Å²) < 4.78 is 7.30. The maximum Gasteiger partial charge on any atom is 0.218 e. The van der Waals surface area contributed by atoms with Gasteiger partial charge in [0.1, 0.15) is 5.52 Å². The molecular formula is C13H12N2O3. The van der Waals surface area contributed by atoms with Crippen LogP contribution >= 0.6 is 0 Å². The van der Waals surface area contributed by atoms with Gasteiger partial charge in [0.2, 0.25) is 5.43 Å². The molecular weight excluding hydrogens is 232 g/mol. The topological polar surface area (TPSA) is 61.2 Å². The van der Waals surface area contributed by atoms with Crippen molar-refractivity contribution < 1.29 is 9.53 Å². The molecule has 0 spiro atoms. The second-order valence-corrected chi connectivity index (χ2v) is 4.39. The molecule has 2 aromatic rings. The average molecular weight is 244 g/mol. The first-order chi connectivity index (χ1) is 8.72. The maximum atomic E-state index is 12.2. The number of hydrogen-bond donors (Lipinski definition) is 0. The molecule has 5 nitrogen and oxygen atoms in total. The van der Waals surface area contributed by atoms with Crippen molar-refractivity contribution in [3.8, 4) is 0 Å². The lowest BCUT2D eigenvalue weighted by atomic mass is 10.1. The zero-order valence-corrected chi connectivity index (χ0v) is 9.97. The molecule has 1 aliphatic rings. The summed E-state index contributed by atoms with van der Waals surface area (Å²) in [5, 5.41) is 0. The van der Waals surface area contributed by atoms with Crippen LogP contribution in [0.5, 0.6) is 0 Å². The van der Waals surface area contributed by atoms with E-state index in [4.69, 9.17) is 4.74 Å². The fourth-order valence-corrected chi connectivity index (χ4v) is 2.34. The van der Waals surface area contributed by atoms with Gasteiger partial charge in [-0.05, 0) is 18.6 Å². The van der Waals surface area contributed by atoms with E-state index in [9.17, 15) is 9.59 Å². The summed E-state index contributed by atoms with van der Waals surface area (Å²) in [5.74, 6) is 0. The van der Waals surface area contributed by atoms with Crippen LogP contribution in [0, 0.1) is 6.92 Å². The van der Waals surface area contributed by atoms with Crippen molar-refractivity contribution >= 4 is 17.3 Å². The van der Waals surface area contributed by atoms with E-state index >= 15 is 0 Å². The summed E-state index contributed by atoms with van der Waals surface area (Å²) in [6.07, 6.45) is 2.24. The number of hydrogen-bond acceptors (Lipinski definition) is 4. The minimum Gasteiger partial charge on any atom is -0.373 e. The van der Waals surface area contributed by atoms with Gasteiger partial charge in [0.15, 0.2) is 6.29 Å². The standard InChI is InChI=1S/C13H12N2O3/c1-8-4-10-12(14-5-8)13(17)9(6-16)11-7-18-3-2-15(10)11/h4-6H,2-3,7H2,1H3. The number of pyridine rings is 2. The molecule has 0 bridgehead atoms. The molecule has 1 aliphatic heterocycles. The largest absolute Gasteiger partial charge is 0.373 e. The molecule has 0 N–H and O–H groups in total. The van der Waals surface area contributed by atoms with Gasteiger partial charge >= 0.3 is 0 Å². The molecule has 0 saturated heterocycles. The van der Waals surface area contributed by atoms with E-state index in [1.165, 1.54) is 0 Å². The van der Waals surface area contributed by atoms with Gasteiger partial charge in [-0.1, -0.05) is 0 Å². The van der Waals surface area contributed by atoms with Crippen molar-refractivity contribution in [1.82, 2.24) is 9.55 Å². The Labute approximate surface area is 103 Å². The molecule has 3 heterocycles. The Balaban J connectivity index is 2.51. The van der Waals surface area contributed by atoms with E-state index in [0.29, 0.717) is 37.3 Å². The SMILES string of the molecule is Cc1cnc2c(=O)c(C=O)c3n(c2c1)CCOC3. The lowest BCUT2D eigenvalue weighted by molar-refractivity contribution is 0.0837. The van der Waals surface area contributed by atoms with Gasteiger partial charge in [0.25, 0.3) is 0 Å². The molecule has 18 heavy (non-hydrogen) atoms. The van der Waals surface area contributed by atoms with Crippen LogP contribution in [0.15, 0.2) is 17.1 Å². The van der Waals surface area contributed by atoms with Crippen LogP contribution in [0.2, 0.25) is 0 Å². The first-order valence-electron chi connectivity index (χ1n) is 5.77. The molecule has 0 unspecified atom stereocenters. The molecule has 0 atom stereocenters. The zero-order chi connectivity index (χ0) is 12.7. The minimum atomic E-state index is -0.309. The lowest BCUT2D eigenvalue weighted by Gasteiger charge is -2.22. The predicted molar refractivity (Wildman–Crippen MR) is 65.8 cm³/mol. The number of carbonyl (C=O) groups excluding carboxylic acids is 1. The summed E-state index contributed by atoms with van der Waals surface area (Å²) in [4.78, 5) is 27.5. The number of aryl methyl sites for hydroxylation is 1. The summed E-state index contributed by atoms with van der Waals surface area (Å²) in [5.41, 5.74) is 2.63.